The normalized spacial score (nSPS) is 12.4. The SMILES string of the molecule is NNC(c1ccccc1N)c1cccc2cnccc12. The second kappa shape index (κ2) is 5.28. The van der Waals surface area contributed by atoms with Gasteiger partial charge in [0.25, 0.3) is 0 Å². The van der Waals surface area contributed by atoms with Crippen LogP contribution in [0.25, 0.3) is 10.8 Å². The molecule has 4 nitrogen and oxygen atoms in total. The first-order valence-electron chi connectivity index (χ1n) is 6.44. The molecule has 3 aromatic rings. The highest BCUT2D eigenvalue weighted by atomic mass is 15.2. The summed E-state index contributed by atoms with van der Waals surface area (Å²) in [5.74, 6) is 5.78. The van der Waals surface area contributed by atoms with Crippen molar-refractivity contribution in [2.45, 2.75) is 6.04 Å². The lowest BCUT2D eigenvalue weighted by molar-refractivity contribution is 0.642. The van der Waals surface area contributed by atoms with E-state index in [1.54, 1.807) is 6.20 Å². The van der Waals surface area contributed by atoms with E-state index in [1.807, 2.05) is 48.7 Å². The van der Waals surface area contributed by atoms with Crippen LogP contribution in [-0.4, -0.2) is 4.98 Å². The Balaban J connectivity index is 2.20. The Morgan fingerprint density at radius 3 is 2.55 bits per heavy atom. The van der Waals surface area contributed by atoms with Gasteiger partial charge in [-0.3, -0.25) is 10.8 Å². The van der Waals surface area contributed by atoms with Crippen LogP contribution >= 0.6 is 0 Å². The monoisotopic (exact) mass is 264 g/mol. The van der Waals surface area contributed by atoms with Gasteiger partial charge < -0.3 is 5.73 Å². The van der Waals surface area contributed by atoms with Gasteiger partial charge in [-0.25, -0.2) is 5.43 Å². The second-order valence-electron chi connectivity index (χ2n) is 4.67. The number of benzene rings is 2. The second-order valence-corrected chi connectivity index (χ2v) is 4.67. The number of rotatable bonds is 3. The van der Waals surface area contributed by atoms with Crippen molar-refractivity contribution < 1.29 is 0 Å². The maximum atomic E-state index is 6.07. The van der Waals surface area contributed by atoms with Crippen LogP contribution in [0.1, 0.15) is 17.2 Å². The van der Waals surface area contributed by atoms with E-state index in [1.165, 1.54) is 0 Å². The number of nitrogen functional groups attached to an aromatic ring is 1. The number of anilines is 1. The van der Waals surface area contributed by atoms with Gasteiger partial charge in [-0.05, 0) is 28.6 Å². The Labute approximate surface area is 117 Å². The number of hydrogen-bond acceptors (Lipinski definition) is 4. The van der Waals surface area contributed by atoms with Crippen molar-refractivity contribution in [2.24, 2.45) is 5.84 Å². The Morgan fingerprint density at radius 1 is 0.950 bits per heavy atom. The van der Waals surface area contributed by atoms with Crippen LogP contribution in [0.4, 0.5) is 5.69 Å². The topological polar surface area (TPSA) is 77.0 Å². The molecule has 0 fully saturated rings. The minimum absolute atomic E-state index is 0.151. The van der Waals surface area contributed by atoms with Crippen LogP contribution < -0.4 is 17.0 Å². The Morgan fingerprint density at radius 2 is 1.75 bits per heavy atom. The highest BCUT2D eigenvalue weighted by Gasteiger charge is 2.16. The molecule has 4 heteroatoms. The highest BCUT2D eigenvalue weighted by molar-refractivity contribution is 5.85. The zero-order chi connectivity index (χ0) is 13.9. The molecule has 1 atom stereocenters. The summed E-state index contributed by atoms with van der Waals surface area (Å²) in [6, 6.07) is 15.7. The molecule has 3 rings (SSSR count). The Hall–Kier alpha value is -2.43. The maximum Gasteiger partial charge on any atom is 0.0736 e. The zero-order valence-corrected chi connectivity index (χ0v) is 11.0. The summed E-state index contributed by atoms with van der Waals surface area (Å²) in [7, 11) is 0. The molecule has 0 saturated carbocycles. The zero-order valence-electron chi connectivity index (χ0n) is 11.0. The number of nitrogens with one attached hydrogen (secondary N) is 1. The van der Waals surface area contributed by atoms with E-state index in [4.69, 9.17) is 11.6 Å². The molecule has 0 aliphatic rings. The Kier molecular flexibility index (Phi) is 3.33. The number of nitrogens with two attached hydrogens (primary N) is 2. The molecule has 1 unspecified atom stereocenters. The van der Waals surface area contributed by atoms with Gasteiger partial charge in [0.05, 0.1) is 6.04 Å². The largest absolute Gasteiger partial charge is 0.398 e. The average molecular weight is 264 g/mol. The molecule has 2 aromatic carbocycles. The quantitative estimate of drug-likeness (QED) is 0.385. The van der Waals surface area contributed by atoms with Crippen LogP contribution in [0, 0.1) is 0 Å². The highest BCUT2D eigenvalue weighted by Crippen LogP contribution is 2.30. The van der Waals surface area contributed by atoms with E-state index in [0.717, 1.165) is 27.6 Å². The molecule has 0 radical (unpaired) electrons. The van der Waals surface area contributed by atoms with Gasteiger partial charge in [0.15, 0.2) is 0 Å². The lowest BCUT2D eigenvalue weighted by atomic mass is 9.94. The fraction of sp³-hybridized carbons (Fsp3) is 0.0625. The van der Waals surface area contributed by atoms with E-state index in [0.29, 0.717) is 0 Å². The summed E-state index contributed by atoms with van der Waals surface area (Å²) in [5, 5.41) is 2.20. The molecular weight excluding hydrogens is 248 g/mol. The van der Waals surface area contributed by atoms with Crippen LogP contribution in [0.5, 0.6) is 0 Å². The first kappa shape index (κ1) is 12.6. The number of fused-ring (bicyclic) bond motifs is 1. The van der Waals surface area contributed by atoms with Crippen LogP contribution in [-0.2, 0) is 0 Å². The fourth-order valence-corrected chi connectivity index (χ4v) is 2.52. The average Bonchev–Trinajstić information content (AvgIpc) is 2.50. The minimum Gasteiger partial charge on any atom is -0.398 e. The molecule has 0 aliphatic heterocycles. The smallest absolute Gasteiger partial charge is 0.0736 e. The van der Waals surface area contributed by atoms with Crippen LogP contribution in [0.3, 0.4) is 0 Å². The van der Waals surface area contributed by atoms with Crippen LogP contribution in [0.2, 0.25) is 0 Å². The first-order chi connectivity index (χ1) is 9.81. The predicted octanol–water partition coefficient (Wildman–Crippen LogP) is 2.37. The van der Waals surface area contributed by atoms with Crippen molar-refractivity contribution in [3.8, 4) is 0 Å². The first-order valence-corrected chi connectivity index (χ1v) is 6.44. The summed E-state index contributed by atoms with van der Waals surface area (Å²) in [6.07, 6.45) is 3.63. The number of hydrazine groups is 1. The van der Waals surface area contributed by atoms with E-state index >= 15 is 0 Å². The van der Waals surface area contributed by atoms with E-state index in [9.17, 15) is 0 Å². The van der Waals surface area contributed by atoms with Gasteiger partial charge in [0, 0.05) is 23.5 Å². The molecule has 100 valence electrons. The summed E-state index contributed by atoms with van der Waals surface area (Å²) in [4.78, 5) is 4.15. The van der Waals surface area contributed by atoms with Crippen molar-refractivity contribution >= 4 is 16.5 Å². The molecule has 0 bridgehead atoms. The van der Waals surface area contributed by atoms with E-state index < -0.39 is 0 Å². The van der Waals surface area contributed by atoms with Crippen molar-refractivity contribution in [3.05, 3.63) is 72.1 Å². The van der Waals surface area contributed by atoms with Crippen molar-refractivity contribution in [1.29, 1.82) is 0 Å². The molecule has 20 heavy (non-hydrogen) atoms. The predicted molar refractivity (Wildman–Crippen MR) is 81.8 cm³/mol. The number of nitrogens with zero attached hydrogens (tertiary/aromatic N) is 1. The van der Waals surface area contributed by atoms with Crippen molar-refractivity contribution in [3.63, 3.8) is 0 Å². The third-order valence-electron chi connectivity index (χ3n) is 3.50. The third kappa shape index (κ3) is 2.11. The standard InChI is InChI=1S/C16H16N4/c17-15-7-2-1-5-14(15)16(20-18)13-6-3-4-11-10-19-9-8-12(11)13/h1-10,16,20H,17-18H2. The van der Waals surface area contributed by atoms with Crippen molar-refractivity contribution in [2.75, 3.05) is 5.73 Å². The van der Waals surface area contributed by atoms with Gasteiger partial charge in [-0.1, -0.05) is 36.4 Å². The molecule has 5 N–H and O–H groups in total. The number of hydrogen-bond donors (Lipinski definition) is 3. The van der Waals surface area contributed by atoms with Gasteiger partial charge in [-0.2, -0.15) is 0 Å². The molecule has 0 aliphatic carbocycles. The van der Waals surface area contributed by atoms with E-state index in [2.05, 4.69) is 16.5 Å². The van der Waals surface area contributed by atoms with Gasteiger partial charge in [0.2, 0.25) is 0 Å². The van der Waals surface area contributed by atoms with Gasteiger partial charge >= 0.3 is 0 Å². The summed E-state index contributed by atoms with van der Waals surface area (Å²) >= 11 is 0. The summed E-state index contributed by atoms with van der Waals surface area (Å²) in [6.45, 7) is 0. The molecule has 0 spiro atoms. The lowest BCUT2D eigenvalue weighted by Crippen LogP contribution is -2.29. The van der Waals surface area contributed by atoms with Crippen molar-refractivity contribution in [1.82, 2.24) is 10.4 Å². The lowest BCUT2D eigenvalue weighted by Gasteiger charge is -2.20. The molecule has 1 aromatic heterocycles. The van der Waals surface area contributed by atoms with Crippen LogP contribution in [0.15, 0.2) is 60.9 Å². The van der Waals surface area contributed by atoms with Gasteiger partial charge in [-0.15, -0.1) is 0 Å². The summed E-state index contributed by atoms with van der Waals surface area (Å²) < 4.78 is 0. The molecule has 1 heterocycles. The number of pyridine rings is 1. The van der Waals surface area contributed by atoms with Gasteiger partial charge in [0.1, 0.15) is 0 Å². The maximum absolute atomic E-state index is 6.07. The molecular formula is C16H16N4. The number of para-hydroxylation sites is 1. The Bertz CT molecular complexity index is 734. The third-order valence-corrected chi connectivity index (χ3v) is 3.50. The number of aromatic nitrogens is 1. The summed E-state index contributed by atoms with van der Waals surface area (Å²) in [5.41, 5.74) is 11.7. The fourth-order valence-electron chi connectivity index (χ4n) is 2.52. The molecule has 0 amide bonds. The molecule has 0 saturated heterocycles. The van der Waals surface area contributed by atoms with E-state index in [-0.39, 0.29) is 6.04 Å². The minimum atomic E-state index is -0.151.